The molecule has 4 rings (SSSR count). The van der Waals surface area contributed by atoms with Gasteiger partial charge in [-0.05, 0) is 70.5 Å². The smallest absolute Gasteiger partial charge is 0.308 e. The molecule has 0 amide bonds. The third-order valence-corrected chi connectivity index (χ3v) is 10.8. The van der Waals surface area contributed by atoms with Gasteiger partial charge in [0.15, 0.2) is 12.1 Å². The molecule has 0 bridgehead atoms. The van der Waals surface area contributed by atoms with Crippen molar-refractivity contribution < 1.29 is 47.9 Å². The number of halogens is 1. The average Bonchev–Trinajstić information content (AvgIpc) is 3.16. The van der Waals surface area contributed by atoms with Gasteiger partial charge in [-0.1, -0.05) is 68.8 Å². The molecular weight excluding hydrogens is 707 g/mol. The summed E-state index contributed by atoms with van der Waals surface area (Å²) in [5, 5.41) is 24.3. The summed E-state index contributed by atoms with van der Waals surface area (Å²) < 4.78 is 39.0. The zero-order valence-electron chi connectivity index (χ0n) is 33.1. The van der Waals surface area contributed by atoms with E-state index in [-0.39, 0.29) is 25.2 Å². The Hall–Kier alpha value is -3.65. The van der Waals surface area contributed by atoms with E-state index in [2.05, 4.69) is 4.98 Å². The summed E-state index contributed by atoms with van der Waals surface area (Å²) in [5.41, 5.74) is 2.47. The Morgan fingerprint density at radius 1 is 1.09 bits per heavy atom. The van der Waals surface area contributed by atoms with E-state index in [1.165, 1.54) is 6.08 Å². The van der Waals surface area contributed by atoms with E-state index in [1.54, 1.807) is 46.0 Å². The van der Waals surface area contributed by atoms with Crippen molar-refractivity contribution in [1.82, 2.24) is 9.88 Å². The van der Waals surface area contributed by atoms with Gasteiger partial charge in [0.05, 0.1) is 49.6 Å². The Kier molecular flexibility index (Phi) is 16.9. The molecule has 1 aromatic heterocycles. The second kappa shape index (κ2) is 21.0. The molecule has 0 unspecified atom stereocenters. The number of aromatic nitrogens is 1. The number of hydrogen-bond acceptors (Lipinski definition) is 11. The number of para-hydroxylation sites is 1. The number of benzene rings is 1. The zero-order valence-corrected chi connectivity index (χ0v) is 33.1. The second-order valence-corrected chi connectivity index (χ2v) is 15.2. The molecule has 1 fully saturated rings. The van der Waals surface area contributed by atoms with Gasteiger partial charge in [-0.2, -0.15) is 0 Å². The number of rotatable bonds is 11. The highest BCUT2D eigenvalue weighted by molar-refractivity contribution is 5.91. The molecule has 2 N–H and O–H groups in total. The summed E-state index contributed by atoms with van der Waals surface area (Å²) in [6.45, 7) is 8.26. The normalized spacial score (nSPS) is 34.7. The van der Waals surface area contributed by atoms with Crippen LogP contribution in [0, 0.1) is 23.7 Å². The Morgan fingerprint density at radius 3 is 2.53 bits per heavy atom. The first-order valence-electron chi connectivity index (χ1n) is 19.3. The number of ether oxygens (including phenoxy) is 4. The highest BCUT2D eigenvalue weighted by Gasteiger charge is 2.48. The fraction of sp³-hybridized carbons (Fsp3) is 0.581. The molecule has 3 heterocycles. The number of hydrogen-bond donors (Lipinski definition) is 2. The van der Waals surface area contributed by atoms with Crippen molar-refractivity contribution in [1.29, 1.82) is 0 Å². The number of nitrogens with zero attached hydrogens (tertiary/aromatic N) is 2. The minimum Gasteiger partial charge on any atom is -0.462 e. The summed E-state index contributed by atoms with van der Waals surface area (Å²) in [4.78, 5) is 44.9. The van der Waals surface area contributed by atoms with E-state index < -0.39 is 91.7 Å². The Bertz CT molecular complexity index is 1660. The topological polar surface area (TPSA) is 145 Å². The quantitative estimate of drug-likeness (QED) is 0.216. The van der Waals surface area contributed by atoms with Gasteiger partial charge in [-0.15, -0.1) is 0 Å². The van der Waals surface area contributed by atoms with Crippen LogP contribution >= 0.6 is 0 Å². The number of likely N-dealkylation sites (N-methyl/N-ethyl adjacent to an activating group) is 1. The number of carbonyl (C=O) groups excluding carboxylic acids is 3. The monoisotopic (exact) mass is 766 g/mol. The van der Waals surface area contributed by atoms with Gasteiger partial charge in [-0.3, -0.25) is 19.0 Å². The maximum atomic E-state index is 14.2. The minimum absolute atomic E-state index is 0.0111. The van der Waals surface area contributed by atoms with Crippen LogP contribution in [0.5, 0.6) is 0 Å². The first kappa shape index (κ1) is 44.1. The van der Waals surface area contributed by atoms with Crippen molar-refractivity contribution in [3.8, 4) is 0 Å². The summed E-state index contributed by atoms with van der Waals surface area (Å²) in [6.07, 6.45) is 4.59. The van der Waals surface area contributed by atoms with E-state index in [0.29, 0.717) is 12.0 Å². The number of aliphatic hydroxyl groups excluding tert-OH is 2. The Balaban J connectivity index is 1.57. The molecule has 11 nitrogen and oxygen atoms in total. The van der Waals surface area contributed by atoms with Crippen LogP contribution in [0.4, 0.5) is 4.39 Å². The van der Waals surface area contributed by atoms with Gasteiger partial charge in [0.25, 0.3) is 0 Å². The van der Waals surface area contributed by atoms with E-state index in [9.17, 15) is 29.0 Å². The highest BCUT2D eigenvalue weighted by atomic mass is 19.1. The van der Waals surface area contributed by atoms with Crippen LogP contribution in [0.3, 0.4) is 0 Å². The van der Waals surface area contributed by atoms with Crippen LogP contribution < -0.4 is 0 Å². The van der Waals surface area contributed by atoms with Crippen LogP contribution in [-0.4, -0.2) is 114 Å². The number of cyclic esters (lactones) is 1. The summed E-state index contributed by atoms with van der Waals surface area (Å²) in [7, 11) is 3.65. The molecule has 2 aliphatic rings. The molecule has 55 heavy (non-hydrogen) atoms. The molecule has 0 aliphatic carbocycles. The fourth-order valence-corrected chi connectivity index (χ4v) is 7.64. The predicted molar refractivity (Wildman–Crippen MR) is 208 cm³/mol. The summed E-state index contributed by atoms with van der Waals surface area (Å²) in [5.74, 6) is -3.56. The highest BCUT2D eigenvalue weighted by Crippen LogP contribution is 2.35. The van der Waals surface area contributed by atoms with Crippen molar-refractivity contribution in [2.75, 3.05) is 27.4 Å². The van der Waals surface area contributed by atoms with Gasteiger partial charge in [0.1, 0.15) is 24.6 Å². The average molecular weight is 767 g/mol. The summed E-state index contributed by atoms with van der Waals surface area (Å²) in [6, 6.07) is 9.34. The standard InChI is InChI=1S/C43H59FN2O9/c1-8-37-33(24-44)20-26(2)15-16-35(48)27(3)21-32(17-18-47)41(28(4)36(49)23-38(50)54-37)55-43-40(51)39(46(6)7)42(29(5)53-43)52-19-11-12-30-22-31-13-9-10-14-34(31)45-25-30/h9-16,18,20,22,25,27-29,32-33,36-37,39-43,49,51H,8,17,19,21,23-24H2,1-7H3/b12-11+,16-15+,26-20+/t27-,28+,29-,32+,33-,36-,37-,39-,40-,41-,42-,43+/m1/s1. The summed E-state index contributed by atoms with van der Waals surface area (Å²) >= 11 is 0. The molecule has 1 aromatic carbocycles. The lowest BCUT2D eigenvalue weighted by Crippen LogP contribution is -2.64. The first-order valence-corrected chi connectivity index (χ1v) is 19.3. The minimum atomic E-state index is -1.30. The molecule has 0 spiro atoms. The van der Waals surface area contributed by atoms with E-state index in [0.717, 1.165) is 22.8 Å². The molecule has 0 saturated carbocycles. The van der Waals surface area contributed by atoms with Crippen molar-refractivity contribution in [3.05, 3.63) is 72.0 Å². The lowest BCUT2D eigenvalue weighted by molar-refractivity contribution is -0.308. The number of alkyl halides is 1. The maximum absolute atomic E-state index is 14.2. The zero-order chi connectivity index (χ0) is 40.2. The van der Waals surface area contributed by atoms with E-state index in [4.69, 9.17) is 18.9 Å². The van der Waals surface area contributed by atoms with Gasteiger partial charge in [0.2, 0.25) is 0 Å². The number of esters is 1. The van der Waals surface area contributed by atoms with Crippen molar-refractivity contribution >= 4 is 35.0 Å². The van der Waals surface area contributed by atoms with Crippen molar-refractivity contribution in [2.24, 2.45) is 23.7 Å². The number of allylic oxidation sites excluding steroid dienone is 3. The van der Waals surface area contributed by atoms with E-state index in [1.807, 2.05) is 68.4 Å². The van der Waals surface area contributed by atoms with Crippen LogP contribution in [0.1, 0.15) is 65.9 Å². The Labute approximate surface area is 324 Å². The van der Waals surface area contributed by atoms with Crippen molar-refractivity contribution in [2.45, 2.75) is 109 Å². The Morgan fingerprint density at radius 2 is 1.84 bits per heavy atom. The predicted octanol–water partition coefficient (Wildman–Crippen LogP) is 5.67. The molecule has 12 atom stereocenters. The van der Waals surface area contributed by atoms with Gasteiger partial charge in [0, 0.05) is 35.8 Å². The molecule has 2 aromatic rings. The first-order chi connectivity index (χ1) is 26.3. The van der Waals surface area contributed by atoms with Crippen molar-refractivity contribution in [3.63, 3.8) is 0 Å². The molecule has 12 heteroatoms. The number of carbonyl (C=O) groups is 3. The number of ketones is 1. The molecule has 1 saturated heterocycles. The van der Waals surface area contributed by atoms with Crippen LogP contribution in [0.15, 0.2) is 66.4 Å². The lowest BCUT2D eigenvalue weighted by atomic mass is 9.79. The van der Waals surface area contributed by atoms with Crippen LogP contribution in [-0.2, 0) is 33.3 Å². The van der Waals surface area contributed by atoms with Gasteiger partial charge >= 0.3 is 5.97 Å². The van der Waals surface area contributed by atoms with Crippen LogP contribution in [0.2, 0.25) is 0 Å². The van der Waals surface area contributed by atoms with Gasteiger partial charge in [-0.25, -0.2) is 0 Å². The SMILES string of the molecule is CC[C@H]1OC(=O)C[C@@H](O)[C@H](C)[C@@H](O[C@@H]2O[C@H](C)[C@@H](OC/C=C/c3cnc4ccccc4c3)[C@H](N(C)C)[C@H]2O)[C@@H](CC=O)C[C@@H](C)C(=O)/C=C/C(C)=C/[C@@H]1CF. The van der Waals surface area contributed by atoms with E-state index >= 15 is 0 Å². The molecule has 2 aliphatic heterocycles. The number of aliphatic hydroxyl groups is 2. The molecular formula is C43H59FN2O9. The molecule has 0 radical (unpaired) electrons. The number of pyridine rings is 1. The fourth-order valence-electron chi connectivity index (χ4n) is 7.64. The molecule has 302 valence electrons. The second-order valence-electron chi connectivity index (χ2n) is 15.2. The third kappa shape index (κ3) is 11.9. The van der Waals surface area contributed by atoms with Crippen LogP contribution in [0.25, 0.3) is 17.0 Å². The number of fused-ring (bicyclic) bond motifs is 1. The maximum Gasteiger partial charge on any atom is 0.308 e. The third-order valence-electron chi connectivity index (χ3n) is 10.8. The number of aldehydes is 1. The van der Waals surface area contributed by atoms with Gasteiger partial charge < -0.3 is 38.9 Å². The lowest BCUT2D eigenvalue weighted by Gasteiger charge is -2.48. The largest absolute Gasteiger partial charge is 0.462 e.